The van der Waals surface area contributed by atoms with Gasteiger partial charge in [-0.3, -0.25) is 0 Å². The Morgan fingerprint density at radius 2 is 1.94 bits per heavy atom. The molecule has 2 aromatic carbocycles. The number of aliphatic hydroxyl groups is 1. The van der Waals surface area contributed by atoms with Gasteiger partial charge >= 0.3 is 0 Å². The first-order valence-electron chi connectivity index (χ1n) is 11.2. The van der Waals surface area contributed by atoms with Crippen molar-refractivity contribution in [3.05, 3.63) is 53.8 Å². The van der Waals surface area contributed by atoms with Crippen LogP contribution in [0.4, 0.5) is 9.52 Å². The van der Waals surface area contributed by atoms with E-state index < -0.39 is 16.1 Å². The highest BCUT2D eigenvalue weighted by Gasteiger charge is 2.20. The maximum Gasteiger partial charge on any atom is 0.240 e. The first-order chi connectivity index (χ1) is 15.9. The lowest BCUT2D eigenvalue weighted by Gasteiger charge is -2.28. The molecule has 3 aromatic rings. The summed E-state index contributed by atoms with van der Waals surface area (Å²) < 4.78 is 42.6. The van der Waals surface area contributed by atoms with Crippen LogP contribution in [0.15, 0.2) is 47.4 Å². The number of thiazole rings is 1. The third kappa shape index (κ3) is 6.48. The maximum absolute atomic E-state index is 13.7. The van der Waals surface area contributed by atoms with Crippen molar-refractivity contribution in [3.63, 3.8) is 0 Å². The van der Waals surface area contributed by atoms with Crippen molar-refractivity contribution >= 4 is 36.7 Å². The fourth-order valence-corrected chi connectivity index (χ4v) is 5.91. The standard InChI is InChI=1S/C23H29FN4O3S2/c24-20-7-3-2-6-17(20)10-11-25-23-27-21-14-19(8-9-22(21)32-23)33(30,31)26-15-18(29)16-28-12-4-1-5-13-28/h2-3,6-9,14,18,26,29H,1,4-5,10-13,15-16H2,(H,25,27). The first-order valence-corrected chi connectivity index (χ1v) is 13.5. The lowest BCUT2D eigenvalue weighted by Crippen LogP contribution is -2.41. The molecule has 1 aliphatic heterocycles. The van der Waals surface area contributed by atoms with E-state index in [4.69, 9.17) is 0 Å². The van der Waals surface area contributed by atoms with E-state index in [1.54, 1.807) is 30.3 Å². The van der Waals surface area contributed by atoms with E-state index in [9.17, 15) is 17.9 Å². The highest BCUT2D eigenvalue weighted by atomic mass is 32.2. The fourth-order valence-electron chi connectivity index (χ4n) is 3.95. The number of aromatic nitrogens is 1. The summed E-state index contributed by atoms with van der Waals surface area (Å²) >= 11 is 1.42. The number of hydrogen-bond donors (Lipinski definition) is 3. The number of halogens is 1. The number of piperidine rings is 1. The van der Waals surface area contributed by atoms with Crippen molar-refractivity contribution in [2.75, 3.05) is 38.0 Å². The Balaban J connectivity index is 1.34. The zero-order chi connectivity index (χ0) is 23.3. The van der Waals surface area contributed by atoms with Gasteiger partial charge in [-0.05, 0) is 62.2 Å². The van der Waals surface area contributed by atoms with Crippen molar-refractivity contribution in [2.24, 2.45) is 0 Å². The van der Waals surface area contributed by atoms with Crippen molar-refractivity contribution < 1.29 is 17.9 Å². The van der Waals surface area contributed by atoms with Crippen LogP contribution in [0.3, 0.4) is 0 Å². The number of anilines is 1. The van der Waals surface area contributed by atoms with Gasteiger partial charge in [0, 0.05) is 19.6 Å². The number of β-amino-alcohol motifs (C(OH)–C–C–N with tert-alkyl or cyclic N) is 1. The summed E-state index contributed by atoms with van der Waals surface area (Å²) in [4.78, 5) is 6.76. The fraction of sp³-hybridized carbons (Fsp3) is 0.435. The molecule has 0 bridgehead atoms. The van der Waals surface area contributed by atoms with Gasteiger partial charge in [0.05, 0.1) is 21.2 Å². The number of nitrogens with one attached hydrogen (secondary N) is 2. The maximum atomic E-state index is 13.7. The second-order valence-electron chi connectivity index (χ2n) is 8.28. The summed E-state index contributed by atoms with van der Waals surface area (Å²) in [6, 6.07) is 11.5. The number of likely N-dealkylation sites (tertiary alicyclic amines) is 1. The summed E-state index contributed by atoms with van der Waals surface area (Å²) in [7, 11) is -3.76. The summed E-state index contributed by atoms with van der Waals surface area (Å²) in [5, 5.41) is 14.1. The molecule has 10 heteroatoms. The second kappa shape index (κ2) is 10.9. The van der Waals surface area contributed by atoms with E-state index in [2.05, 4.69) is 19.9 Å². The molecule has 7 nitrogen and oxygen atoms in total. The Kier molecular flexibility index (Phi) is 7.92. The Hall–Kier alpha value is -2.11. The largest absolute Gasteiger partial charge is 0.390 e. The van der Waals surface area contributed by atoms with Crippen LogP contribution < -0.4 is 10.0 Å². The highest BCUT2D eigenvalue weighted by molar-refractivity contribution is 7.89. The van der Waals surface area contributed by atoms with Crippen LogP contribution >= 0.6 is 11.3 Å². The second-order valence-corrected chi connectivity index (χ2v) is 11.1. The van der Waals surface area contributed by atoms with Gasteiger partial charge in [0.25, 0.3) is 0 Å². The number of nitrogens with zero attached hydrogens (tertiary/aromatic N) is 2. The topological polar surface area (TPSA) is 94.6 Å². The molecule has 0 aliphatic carbocycles. The Labute approximate surface area is 197 Å². The minimum Gasteiger partial charge on any atom is -0.390 e. The molecule has 1 unspecified atom stereocenters. The molecule has 33 heavy (non-hydrogen) atoms. The monoisotopic (exact) mass is 492 g/mol. The SMILES string of the molecule is O=S(=O)(NCC(O)CN1CCCCC1)c1ccc2sc(NCCc3ccccc3F)nc2c1. The predicted molar refractivity (Wildman–Crippen MR) is 130 cm³/mol. The zero-order valence-electron chi connectivity index (χ0n) is 18.3. The normalized spacial score (nSPS) is 16.2. The summed E-state index contributed by atoms with van der Waals surface area (Å²) in [5.41, 5.74) is 1.21. The zero-order valence-corrected chi connectivity index (χ0v) is 20.0. The van der Waals surface area contributed by atoms with E-state index in [1.807, 2.05) is 0 Å². The molecule has 1 atom stereocenters. The summed E-state index contributed by atoms with van der Waals surface area (Å²) in [6.45, 7) is 2.84. The van der Waals surface area contributed by atoms with Gasteiger partial charge in [-0.1, -0.05) is 36.0 Å². The van der Waals surface area contributed by atoms with Gasteiger partial charge in [0.1, 0.15) is 5.82 Å². The van der Waals surface area contributed by atoms with Crippen LogP contribution in [0.5, 0.6) is 0 Å². The molecule has 0 spiro atoms. The third-order valence-electron chi connectivity index (χ3n) is 5.72. The van der Waals surface area contributed by atoms with E-state index >= 15 is 0 Å². The van der Waals surface area contributed by atoms with E-state index in [0.717, 1.165) is 30.6 Å². The van der Waals surface area contributed by atoms with Crippen LogP contribution in [-0.4, -0.2) is 62.2 Å². The number of sulfonamides is 1. The number of rotatable bonds is 10. The molecule has 1 fully saturated rings. The van der Waals surface area contributed by atoms with Gasteiger partial charge < -0.3 is 15.3 Å². The molecule has 3 N–H and O–H groups in total. The smallest absolute Gasteiger partial charge is 0.240 e. The van der Waals surface area contributed by atoms with Crippen molar-refractivity contribution in [2.45, 2.75) is 36.7 Å². The molecule has 0 radical (unpaired) electrons. The van der Waals surface area contributed by atoms with Crippen molar-refractivity contribution in [1.82, 2.24) is 14.6 Å². The lowest BCUT2D eigenvalue weighted by atomic mass is 10.1. The lowest BCUT2D eigenvalue weighted by molar-refractivity contribution is 0.104. The van der Waals surface area contributed by atoms with Crippen LogP contribution in [0, 0.1) is 5.82 Å². The van der Waals surface area contributed by atoms with Gasteiger partial charge in [0.15, 0.2) is 5.13 Å². The number of benzene rings is 2. The Morgan fingerprint density at radius 3 is 2.73 bits per heavy atom. The van der Waals surface area contributed by atoms with E-state index in [0.29, 0.717) is 35.7 Å². The van der Waals surface area contributed by atoms with E-state index in [1.165, 1.54) is 29.9 Å². The molecule has 2 heterocycles. The van der Waals surface area contributed by atoms with Crippen LogP contribution in [-0.2, 0) is 16.4 Å². The number of aliphatic hydroxyl groups excluding tert-OH is 1. The Bertz CT molecular complexity index is 1180. The Morgan fingerprint density at radius 1 is 1.15 bits per heavy atom. The minimum atomic E-state index is -3.76. The minimum absolute atomic E-state index is 0.0310. The molecule has 4 rings (SSSR count). The third-order valence-corrected chi connectivity index (χ3v) is 8.14. The van der Waals surface area contributed by atoms with Crippen molar-refractivity contribution in [3.8, 4) is 0 Å². The predicted octanol–water partition coefficient (Wildman–Crippen LogP) is 3.22. The summed E-state index contributed by atoms with van der Waals surface area (Å²) in [6.07, 6.45) is 3.21. The van der Waals surface area contributed by atoms with Crippen molar-refractivity contribution in [1.29, 1.82) is 0 Å². The van der Waals surface area contributed by atoms with Gasteiger partial charge in [0.2, 0.25) is 10.0 Å². The molecule has 178 valence electrons. The molecule has 0 amide bonds. The van der Waals surface area contributed by atoms with Gasteiger partial charge in [-0.2, -0.15) is 0 Å². The molecular formula is C23H29FN4O3S2. The summed E-state index contributed by atoms with van der Waals surface area (Å²) in [5.74, 6) is -0.230. The average molecular weight is 493 g/mol. The number of fused-ring (bicyclic) bond motifs is 1. The average Bonchev–Trinajstić information content (AvgIpc) is 3.22. The molecular weight excluding hydrogens is 463 g/mol. The first kappa shape index (κ1) is 24.0. The quantitative estimate of drug-likeness (QED) is 0.402. The molecule has 1 saturated heterocycles. The van der Waals surface area contributed by atoms with Crippen LogP contribution in [0.1, 0.15) is 24.8 Å². The van der Waals surface area contributed by atoms with E-state index in [-0.39, 0.29) is 17.3 Å². The van der Waals surface area contributed by atoms with Crippen LogP contribution in [0.2, 0.25) is 0 Å². The highest BCUT2D eigenvalue weighted by Crippen LogP contribution is 2.28. The molecule has 1 aliphatic rings. The molecule has 0 saturated carbocycles. The molecule has 1 aromatic heterocycles. The van der Waals surface area contributed by atoms with Gasteiger partial charge in [-0.25, -0.2) is 22.5 Å². The van der Waals surface area contributed by atoms with Gasteiger partial charge in [-0.15, -0.1) is 0 Å². The number of hydrogen-bond acceptors (Lipinski definition) is 7. The van der Waals surface area contributed by atoms with Crippen LogP contribution in [0.25, 0.3) is 10.2 Å².